The van der Waals surface area contributed by atoms with E-state index in [4.69, 9.17) is 0 Å². The predicted octanol–water partition coefficient (Wildman–Crippen LogP) is 1.10. The number of rotatable bonds is 6. The number of carbonyl (C=O) groups is 1. The smallest absolute Gasteiger partial charge is 0.261 e. The van der Waals surface area contributed by atoms with Crippen LogP contribution in [0.15, 0.2) is 35.4 Å². The monoisotopic (exact) mass is 316 g/mol. The molecule has 1 atom stereocenters. The number of para-hydroxylation sites is 1. The summed E-state index contributed by atoms with van der Waals surface area (Å²) in [6.45, 7) is 4.78. The lowest BCUT2D eigenvalue weighted by Crippen LogP contribution is -2.44. The number of amides is 1. The Kier molecular flexibility index (Phi) is 5.50. The number of nitrogens with zero attached hydrogens (tertiary/aromatic N) is 3. The highest BCUT2D eigenvalue weighted by molar-refractivity contribution is 5.78. The molecule has 0 spiro atoms. The molecule has 6 heteroatoms. The van der Waals surface area contributed by atoms with Crippen molar-refractivity contribution in [3.05, 3.63) is 40.9 Å². The molecule has 1 aromatic heterocycles. The Morgan fingerprint density at radius 2 is 2.00 bits per heavy atom. The number of carbonyl (C=O) groups excluding carboxylic acids is 1. The van der Waals surface area contributed by atoms with E-state index in [2.05, 4.69) is 29.0 Å². The van der Waals surface area contributed by atoms with Gasteiger partial charge in [0.1, 0.15) is 6.54 Å². The molecule has 0 radical (unpaired) electrons. The fourth-order valence-corrected chi connectivity index (χ4v) is 2.66. The van der Waals surface area contributed by atoms with Crippen molar-refractivity contribution >= 4 is 16.8 Å². The molecular formula is C17H24N4O2. The second kappa shape index (κ2) is 7.37. The van der Waals surface area contributed by atoms with E-state index in [0.717, 1.165) is 0 Å². The fraction of sp³-hybridized carbons (Fsp3) is 0.471. The SMILES string of the molecule is CC(C)[C@@H](CNC(=O)Cn1cnc2ccccc2c1=O)N(C)C. The van der Waals surface area contributed by atoms with Gasteiger partial charge in [-0.05, 0) is 32.1 Å². The van der Waals surface area contributed by atoms with Crippen LogP contribution in [0.1, 0.15) is 13.8 Å². The van der Waals surface area contributed by atoms with Crippen LogP contribution < -0.4 is 10.9 Å². The minimum atomic E-state index is -0.196. The third-order valence-electron chi connectivity index (χ3n) is 3.99. The second-order valence-corrected chi connectivity index (χ2v) is 6.27. The van der Waals surface area contributed by atoms with Gasteiger partial charge in [-0.25, -0.2) is 4.98 Å². The summed E-state index contributed by atoms with van der Waals surface area (Å²) in [5, 5.41) is 3.43. The average molecular weight is 316 g/mol. The van der Waals surface area contributed by atoms with Crippen molar-refractivity contribution in [2.24, 2.45) is 5.92 Å². The van der Waals surface area contributed by atoms with Gasteiger partial charge in [0.25, 0.3) is 5.56 Å². The first-order valence-corrected chi connectivity index (χ1v) is 7.77. The summed E-state index contributed by atoms with van der Waals surface area (Å²) < 4.78 is 1.34. The van der Waals surface area contributed by atoms with Crippen molar-refractivity contribution < 1.29 is 4.79 Å². The van der Waals surface area contributed by atoms with Crippen LogP contribution in [0.5, 0.6) is 0 Å². The molecule has 0 saturated heterocycles. The Labute approximate surface area is 136 Å². The highest BCUT2D eigenvalue weighted by Gasteiger charge is 2.17. The molecule has 2 aromatic rings. The minimum Gasteiger partial charge on any atom is -0.353 e. The van der Waals surface area contributed by atoms with Crippen LogP contribution in [0.25, 0.3) is 10.9 Å². The maximum Gasteiger partial charge on any atom is 0.261 e. The first-order chi connectivity index (χ1) is 10.9. The fourth-order valence-electron chi connectivity index (χ4n) is 2.66. The van der Waals surface area contributed by atoms with Crippen molar-refractivity contribution in [2.75, 3.05) is 20.6 Å². The predicted molar refractivity (Wildman–Crippen MR) is 91.3 cm³/mol. The van der Waals surface area contributed by atoms with Crippen LogP contribution in [-0.2, 0) is 11.3 Å². The van der Waals surface area contributed by atoms with Crippen LogP contribution in [-0.4, -0.2) is 47.0 Å². The van der Waals surface area contributed by atoms with Gasteiger partial charge in [-0.15, -0.1) is 0 Å². The Morgan fingerprint density at radius 1 is 1.30 bits per heavy atom. The Balaban J connectivity index is 2.06. The van der Waals surface area contributed by atoms with Gasteiger partial charge in [0.15, 0.2) is 0 Å². The molecule has 2 rings (SSSR count). The molecule has 0 aliphatic rings. The first-order valence-electron chi connectivity index (χ1n) is 7.77. The highest BCUT2D eigenvalue weighted by atomic mass is 16.2. The summed E-state index contributed by atoms with van der Waals surface area (Å²) >= 11 is 0. The average Bonchev–Trinajstić information content (AvgIpc) is 2.50. The maximum atomic E-state index is 12.4. The maximum absolute atomic E-state index is 12.4. The summed E-state index contributed by atoms with van der Waals surface area (Å²) in [6, 6.07) is 7.38. The second-order valence-electron chi connectivity index (χ2n) is 6.27. The van der Waals surface area contributed by atoms with Crippen molar-refractivity contribution in [3.63, 3.8) is 0 Å². The molecule has 1 amide bonds. The zero-order valence-electron chi connectivity index (χ0n) is 14.1. The molecular weight excluding hydrogens is 292 g/mol. The van der Waals surface area contributed by atoms with Gasteiger partial charge >= 0.3 is 0 Å². The van der Waals surface area contributed by atoms with Crippen LogP contribution in [0.3, 0.4) is 0 Å². The van der Waals surface area contributed by atoms with Crippen LogP contribution in [0, 0.1) is 5.92 Å². The van der Waals surface area contributed by atoms with E-state index >= 15 is 0 Å². The van der Waals surface area contributed by atoms with Crippen LogP contribution >= 0.6 is 0 Å². The summed E-state index contributed by atoms with van der Waals surface area (Å²) in [7, 11) is 3.99. The number of hydrogen-bond donors (Lipinski definition) is 1. The van der Waals surface area contributed by atoms with Crippen molar-refractivity contribution in [1.29, 1.82) is 0 Å². The Hall–Kier alpha value is -2.21. The quantitative estimate of drug-likeness (QED) is 0.866. The standard InChI is InChI=1S/C17H24N4O2/c1-12(2)15(20(3)4)9-18-16(22)10-21-11-19-14-8-6-5-7-13(14)17(21)23/h5-8,11-12,15H,9-10H2,1-4H3,(H,18,22)/t15-/m1/s1. The molecule has 1 aromatic carbocycles. The van der Waals surface area contributed by atoms with Gasteiger partial charge < -0.3 is 10.2 Å². The van der Waals surface area contributed by atoms with E-state index in [0.29, 0.717) is 23.4 Å². The summed E-state index contributed by atoms with van der Waals surface area (Å²) in [5.74, 6) is 0.243. The summed E-state index contributed by atoms with van der Waals surface area (Å²) in [6.07, 6.45) is 1.43. The molecule has 0 fully saturated rings. The lowest BCUT2D eigenvalue weighted by molar-refractivity contribution is -0.122. The van der Waals surface area contributed by atoms with Gasteiger partial charge in [0.2, 0.25) is 5.91 Å². The molecule has 124 valence electrons. The molecule has 1 heterocycles. The molecule has 0 bridgehead atoms. The van der Waals surface area contributed by atoms with Crippen LogP contribution in [0.4, 0.5) is 0 Å². The van der Waals surface area contributed by atoms with Gasteiger partial charge in [-0.2, -0.15) is 0 Å². The zero-order valence-corrected chi connectivity index (χ0v) is 14.1. The number of nitrogens with one attached hydrogen (secondary N) is 1. The number of hydrogen-bond acceptors (Lipinski definition) is 4. The van der Waals surface area contributed by atoms with E-state index in [1.54, 1.807) is 18.2 Å². The van der Waals surface area contributed by atoms with E-state index in [1.807, 2.05) is 20.2 Å². The third-order valence-corrected chi connectivity index (χ3v) is 3.99. The van der Waals surface area contributed by atoms with E-state index < -0.39 is 0 Å². The number of likely N-dealkylation sites (N-methyl/N-ethyl adjacent to an activating group) is 1. The molecule has 6 nitrogen and oxygen atoms in total. The summed E-state index contributed by atoms with van der Waals surface area (Å²) in [4.78, 5) is 30.8. The van der Waals surface area contributed by atoms with Gasteiger partial charge in [-0.1, -0.05) is 26.0 Å². The lowest BCUT2D eigenvalue weighted by atomic mass is 10.0. The molecule has 23 heavy (non-hydrogen) atoms. The third kappa shape index (κ3) is 4.16. The normalized spacial score (nSPS) is 12.8. The largest absolute Gasteiger partial charge is 0.353 e. The molecule has 1 N–H and O–H groups in total. The van der Waals surface area contributed by atoms with E-state index in [1.165, 1.54) is 10.9 Å². The zero-order chi connectivity index (χ0) is 17.0. The first kappa shape index (κ1) is 17.1. The topological polar surface area (TPSA) is 67.2 Å². The number of fused-ring (bicyclic) bond motifs is 1. The van der Waals surface area contributed by atoms with Crippen molar-refractivity contribution in [3.8, 4) is 0 Å². The van der Waals surface area contributed by atoms with Gasteiger partial charge in [0.05, 0.1) is 17.2 Å². The highest BCUT2D eigenvalue weighted by Crippen LogP contribution is 2.06. The number of benzene rings is 1. The molecule has 0 aliphatic carbocycles. The van der Waals surface area contributed by atoms with Crippen molar-refractivity contribution in [1.82, 2.24) is 19.8 Å². The van der Waals surface area contributed by atoms with Crippen molar-refractivity contribution in [2.45, 2.75) is 26.4 Å². The minimum absolute atomic E-state index is 0.0189. The van der Waals surface area contributed by atoms with Gasteiger partial charge in [-0.3, -0.25) is 14.2 Å². The van der Waals surface area contributed by atoms with Crippen LogP contribution in [0.2, 0.25) is 0 Å². The number of aromatic nitrogens is 2. The molecule has 0 saturated carbocycles. The van der Waals surface area contributed by atoms with E-state index in [9.17, 15) is 9.59 Å². The Bertz CT molecular complexity index is 729. The molecule has 0 aliphatic heterocycles. The summed E-state index contributed by atoms with van der Waals surface area (Å²) in [5.41, 5.74) is 0.445. The lowest BCUT2D eigenvalue weighted by Gasteiger charge is -2.28. The molecule has 0 unspecified atom stereocenters. The van der Waals surface area contributed by atoms with Gasteiger partial charge in [0, 0.05) is 12.6 Å². The van der Waals surface area contributed by atoms with E-state index in [-0.39, 0.29) is 24.1 Å². The Morgan fingerprint density at radius 3 is 2.65 bits per heavy atom.